The van der Waals surface area contributed by atoms with Gasteiger partial charge in [0.2, 0.25) is 0 Å². The highest BCUT2D eigenvalue weighted by atomic mass is 16.5. The molecule has 0 aromatic heterocycles. The van der Waals surface area contributed by atoms with Crippen molar-refractivity contribution in [1.29, 1.82) is 0 Å². The summed E-state index contributed by atoms with van der Waals surface area (Å²) < 4.78 is 5.49. The van der Waals surface area contributed by atoms with Crippen LogP contribution in [0.5, 0.6) is 0 Å². The molecular formula is C12H17NO. The maximum atomic E-state index is 5.49. The molecule has 1 aromatic rings. The summed E-state index contributed by atoms with van der Waals surface area (Å²) in [4.78, 5) is 0. The second kappa shape index (κ2) is 4.58. The van der Waals surface area contributed by atoms with Crippen molar-refractivity contribution < 1.29 is 4.74 Å². The van der Waals surface area contributed by atoms with E-state index in [1.165, 1.54) is 12.0 Å². The molecule has 0 amide bonds. The summed E-state index contributed by atoms with van der Waals surface area (Å²) >= 11 is 0. The van der Waals surface area contributed by atoms with Gasteiger partial charge < -0.3 is 10.1 Å². The van der Waals surface area contributed by atoms with Crippen molar-refractivity contribution >= 4 is 0 Å². The molecule has 1 fully saturated rings. The molecule has 2 nitrogen and oxygen atoms in total. The monoisotopic (exact) mass is 191 g/mol. The first-order chi connectivity index (χ1) is 6.90. The Balaban J connectivity index is 1.70. The van der Waals surface area contributed by atoms with Gasteiger partial charge in [-0.05, 0) is 18.9 Å². The van der Waals surface area contributed by atoms with Crippen molar-refractivity contribution in [3.8, 4) is 0 Å². The Kier molecular flexibility index (Phi) is 3.17. The summed E-state index contributed by atoms with van der Waals surface area (Å²) in [5.74, 6) is 0. The highest BCUT2D eigenvalue weighted by Crippen LogP contribution is 2.25. The van der Waals surface area contributed by atoms with E-state index in [-0.39, 0.29) is 0 Å². The van der Waals surface area contributed by atoms with Crippen molar-refractivity contribution in [3.05, 3.63) is 35.9 Å². The fourth-order valence-electron chi connectivity index (χ4n) is 1.63. The molecule has 2 atom stereocenters. The molecule has 0 radical (unpaired) electrons. The number of ether oxygens (including phenoxy) is 1. The molecule has 76 valence electrons. The summed E-state index contributed by atoms with van der Waals surface area (Å²) in [7, 11) is 0. The van der Waals surface area contributed by atoms with Gasteiger partial charge in [-0.2, -0.15) is 0 Å². The van der Waals surface area contributed by atoms with Crippen LogP contribution in [0.1, 0.15) is 18.9 Å². The number of nitrogens with one attached hydrogen (secondary N) is 1. The predicted octanol–water partition coefficient (Wildman–Crippen LogP) is 1.95. The summed E-state index contributed by atoms with van der Waals surface area (Å²) in [6.45, 7) is 3.83. The third-order valence-corrected chi connectivity index (χ3v) is 2.52. The minimum atomic E-state index is 0.462. The van der Waals surface area contributed by atoms with Crippen LogP contribution in [0.2, 0.25) is 0 Å². The zero-order valence-corrected chi connectivity index (χ0v) is 8.57. The maximum Gasteiger partial charge on any atom is 0.0744 e. The van der Waals surface area contributed by atoms with E-state index in [0.717, 1.165) is 13.2 Å². The summed E-state index contributed by atoms with van der Waals surface area (Å²) in [6.07, 6.45) is 1.63. The summed E-state index contributed by atoms with van der Waals surface area (Å²) in [6, 6.07) is 11.1. The number of hydrogen-bond donors (Lipinski definition) is 1. The lowest BCUT2D eigenvalue weighted by Crippen LogP contribution is -2.19. The molecule has 2 unspecified atom stereocenters. The van der Waals surface area contributed by atoms with E-state index in [1.54, 1.807) is 0 Å². The van der Waals surface area contributed by atoms with Crippen LogP contribution in [0, 0.1) is 0 Å². The largest absolute Gasteiger partial charge is 0.377 e. The van der Waals surface area contributed by atoms with Crippen LogP contribution in [-0.2, 0) is 11.3 Å². The van der Waals surface area contributed by atoms with Crippen LogP contribution in [0.3, 0.4) is 0 Å². The van der Waals surface area contributed by atoms with Crippen LogP contribution in [0.15, 0.2) is 30.3 Å². The van der Waals surface area contributed by atoms with Gasteiger partial charge in [0.25, 0.3) is 0 Å². The predicted molar refractivity (Wildman–Crippen MR) is 57.1 cm³/mol. The number of rotatable bonds is 5. The molecule has 1 aliphatic carbocycles. The van der Waals surface area contributed by atoms with Crippen LogP contribution >= 0.6 is 0 Å². The van der Waals surface area contributed by atoms with Crippen molar-refractivity contribution in [2.75, 3.05) is 6.61 Å². The molecule has 1 aliphatic rings. The second-order valence-electron chi connectivity index (χ2n) is 3.70. The fourth-order valence-corrected chi connectivity index (χ4v) is 1.63. The summed E-state index contributed by atoms with van der Waals surface area (Å²) in [5.41, 5.74) is 1.34. The van der Waals surface area contributed by atoms with E-state index in [1.807, 2.05) is 13.0 Å². The standard InChI is InChI=1S/C12H17NO/c1-2-14-12-8-11(12)13-9-10-6-4-3-5-7-10/h3-7,11-13H,2,8-9H2,1H3. The van der Waals surface area contributed by atoms with Crippen molar-refractivity contribution in [2.24, 2.45) is 0 Å². The zero-order chi connectivity index (χ0) is 9.80. The number of hydrogen-bond acceptors (Lipinski definition) is 2. The van der Waals surface area contributed by atoms with E-state index in [9.17, 15) is 0 Å². The van der Waals surface area contributed by atoms with Gasteiger partial charge in [0.05, 0.1) is 6.10 Å². The van der Waals surface area contributed by atoms with Gasteiger partial charge >= 0.3 is 0 Å². The average Bonchev–Trinajstić information content (AvgIpc) is 2.96. The van der Waals surface area contributed by atoms with Gasteiger partial charge in [0.15, 0.2) is 0 Å². The Hall–Kier alpha value is -0.860. The SMILES string of the molecule is CCOC1CC1NCc1ccccc1. The van der Waals surface area contributed by atoms with Gasteiger partial charge in [-0.1, -0.05) is 30.3 Å². The number of benzene rings is 1. The van der Waals surface area contributed by atoms with Crippen molar-refractivity contribution in [2.45, 2.75) is 32.0 Å². The molecule has 0 heterocycles. The van der Waals surface area contributed by atoms with Gasteiger partial charge in [0, 0.05) is 19.2 Å². The summed E-state index contributed by atoms with van der Waals surface area (Å²) in [5, 5.41) is 3.48. The van der Waals surface area contributed by atoms with Crippen LogP contribution in [-0.4, -0.2) is 18.8 Å². The average molecular weight is 191 g/mol. The first-order valence-electron chi connectivity index (χ1n) is 5.29. The molecule has 0 saturated heterocycles. The lowest BCUT2D eigenvalue weighted by atomic mass is 10.2. The fraction of sp³-hybridized carbons (Fsp3) is 0.500. The smallest absolute Gasteiger partial charge is 0.0744 e. The second-order valence-corrected chi connectivity index (χ2v) is 3.70. The van der Waals surface area contributed by atoms with Gasteiger partial charge in [0.1, 0.15) is 0 Å². The van der Waals surface area contributed by atoms with Gasteiger partial charge in [-0.25, -0.2) is 0 Å². The van der Waals surface area contributed by atoms with E-state index >= 15 is 0 Å². The van der Waals surface area contributed by atoms with Gasteiger partial charge in [-0.3, -0.25) is 0 Å². The Labute approximate surface area is 85.3 Å². The molecule has 1 saturated carbocycles. The van der Waals surface area contributed by atoms with Gasteiger partial charge in [-0.15, -0.1) is 0 Å². The van der Waals surface area contributed by atoms with Crippen molar-refractivity contribution in [1.82, 2.24) is 5.32 Å². The van der Waals surface area contributed by atoms with E-state index in [4.69, 9.17) is 4.74 Å². The Bertz CT molecular complexity index is 273. The lowest BCUT2D eigenvalue weighted by molar-refractivity contribution is 0.125. The Morgan fingerprint density at radius 2 is 2.14 bits per heavy atom. The molecular weight excluding hydrogens is 174 g/mol. The zero-order valence-electron chi connectivity index (χ0n) is 8.57. The Morgan fingerprint density at radius 3 is 2.86 bits per heavy atom. The minimum absolute atomic E-state index is 0.462. The lowest BCUT2D eigenvalue weighted by Gasteiger charge is -2.03. The van der Waals surface area contributed by atoms with Crippen LogP contribution in [0.25, 0.3) is 0 Å². The first-order valence-corrected chi connectivity index (χ1v) is 5.29. The molecule has 1 aromatic carbocycles. The third kappa shape index (κ3) is 2.56. The highest BCUT2D eigenvalue weighted by molar-refractivity contribution is 5.14. The third-order valence-electron chi connectivity index (χ3n) is 2.52. The quantitative estimate of drug-likeness (QED) is 0.768. The molecule has 2 heteroatoms. The highest BCUT2D eigenvalue weighted by Gasteiger charge is 2.37. The molecule has 0 spiro atoms. The first kappa shape index (κ1) is 9.69. The Morgan fingerprint density at radius 1 is 1.36 bits per heavy atom. The van der Waals surface area contributed by atoms with Crippen LogP contribution in [0.4, 0.5) is 0 Å². The molecule has 1 N–H and O–H groups in total. The van der Waals surface area contributed by atoms with Crippen LogP contribution < -0.4 is 5.32 Å². The molecule has 2 rings (SSSR count). The van der Waals surface area contributed by atoms with Crippen molar-refractivity contribution in [3.63, 3.8) is 0 Å². The molecule has 14 heavy (non-hydrogen) atoms. The molecule has 0 aliphatic heterocycles. The maximum absolute atomic E-state index is 5.49. The minimum Gasteiger partial charge on any atom is -0.377 e. The molecule has 0 bridgehead atoms. The normalized spacial score (nSPS) is 24.9. The van der Waals surface area contributed by atoms with E-state index in [0.29, 0.717) is 12.1 Å². The topological polar surface area (TPSA) is 21.3 Å². The van der Waals surface area contributed by atoms with E-state index in [2.05, 4.69) is 29.6 Å². The van der Waals surface area contributed by atoms with E-state index < -0.39 is 0 Å².